The van der Waals surface area contributed by atoms with Crippen molar-refractivity contribution in [2.24, 2.45) is 0 Å². The highest BCUT2D eigenvalue weighted by atomic mass is 35.5. The summed E-state index contributed by atoms with van der Waals surface area (Å²) in [6, 6.07) is 9.16. The predicted molar refractivity (Wildman–Crippen MR) is 110 cm³/mol. The number of benzene rings is 2. The Labute approximate surface area is 172 Å². The highest BCUT2D eigenvalue weighted by Crippen LogP contribution is 2.39. The van der Waals surface area contributed by atoms with Crippen LogP contribution in [0.3, 0.4) is 0 Å². The van der Waals surface area contributed by atoms with Gasteiger partial charge in [-0.3, -0.25) is 9.59 Å². The highest BCUT2D eigenvalue weighted by Gasteiger charge is 2.42. The minimum atomic E-state index is -0.651. The first-order chi connectivity index (χ1) is 13.9. The van der Waals surface area contributed by atoms with Gasteiger partial charge in [0.25, 0.3) is 5.91 Å². The number of carbonyl (C=O) groups is 1. The SMILES string of the molecule is COCCCN1C(=O)c2oc3cc(C)c(Cl)cc3c(=O)c2C1c1cccc(O)c1. The molecule has 0 aliphatic carbocycles. The molecule has 0 saturated carbocycles. The van der Waals surface area contributed by atoms with Crippen molar-refractivity contribution in [2.75, 3.05) is 20.3 Å². The standard InChI is InChI=1S/C22H20ClNO5/c1-12-9-17-15(11-16(12)23)20(26)18-19(13-5-3-6-14(25)10-13)24(7-4-8-28-2)22(27)21(18)29-17/h3,5-6,9-11,19,25H,4,7-8H2,1-2H3. The zero-order valence-electron chi connectivity index (χ0n) is 16.1. The summed E-state index contributed by atoms with van der Waals surface area (Å²) in [5.74, 6) is -0.255. The monoisotopic (exact) mass is 413 g/mol. The van der Waals surface area contributed by atoms with Crippen molar-refractivity contribution in [3.8, 4) is 5.75 Å². The molecule has 6 nitrogen and oxygen atoms in total. The molecule has 2 heterocycles. The van der Waals surface area contributed by atoms with Crippen LogP contribution < -0.4 is 5.43 Å². The number of hydrogen-bond donors (Lipinski definition) is 1. The van der Waals surface area contributed by atoms with Crippen LogP contribution in [0.1, 0.15) is 39.7 Å². The maximum absolute atomic E-state index is 13.4. The van der Waals surface area contributed by atoms with Gasteiger partial charge in [-0.1, -0.05) is 23.7 Å². The average Bonchev–Trinajstić information content (AvgIpc) is 2.96. The Bertz CT molecular complexity index is 1170. The molecule has 0 saturated heterocycles. The fourth-order valence-corrected chi connectivity index (χ4v) is 3.96. The molecule has 1 aliphatic rings. The molecule has 0 radical (unpaired) electrons. The Balaban J connectivity index is 1.95. The molecule has 0 bridgehead atoms. The van der Waals surface area contributed by atoms with Gasteiger partial charge in [0.2, 0.25) is 5.76 Å². The normalized spacial score (nSPS) is 15.9. The number of phenols is 1. The van der Waals surface area contributed by atoms with Gasteiger partial charge in [0.05, 0.1) is 17.0 Å². The van der Waals surface area contributed by atoms with Gasteiger partial charge in [-0.25, -0.2) is 0 Å². The summed E-state index contributed by atoms with van der Waals surface area (Å²) in [7, 11) is 1.59. The van der Waals surface area contributed by atoms with E-state index in [2.05, 4.69) is 0 Å². The number of aromatic hydroxyl groups is 1. The third kappa shape index (κ3) is 3.28. The first kappa shape index (κ1) is 19.5. The fraction of sp³-hybridized carbons (Fsp3) is 0.273. The zero-order chi connectivity index (χ0) is 20.7. The number of ether oxygens (including phenoxy) is 1. The number of halogens is 1. The van der Waals surface area contributed by atoms with E-state index < -0.39 is 6.04 Å². The number of nitrogens with zero attached hydrogens (tertiary/aromatic N) is 1. The molecule has 7 heteroatoms. The number of phenolic OH excluding ortho intramolecular Hbond substituents is 1. The number of methoxy groups -OCH3 is 1. The second kappa shape index (κ2) is 7.54. The van der Waals surface area contributed by atoms with Crippen molar-refractivity contribution in [1.29, 1.82) is 0 Å². The van der Waals surface area contributed by atoms with Crippen molar-refractivity contribution in [1.82, 2.24) is 4.90 Å². The van der Waals surface area contributed by atoms with E-state index in [0.717, 1.165) is 5.56 Å². The predicted octanol–water partition coefficient (Wildman–Crippen LogP) is 4.04. The molecule has 4 rings (SSSR count). The number of hydrogen-bond acceptors (Lipinski definition) is 5. The molecule has 1 N–H and O–H groups in total. The second-order valence-corrected chi connectivity index (χ2v) is 7.52. The molecule has 3 aromatic rings. The van der Waals surface area contributed by atoms with Gasteiger partial charge >= 0.3 is 0 Å². The minimum Gasteiger partial charge on any atom is -0.508 e. The number of aryl methyl sites for hydroxylation is 1. The molecule has 2 aromatic carbocycles. The Hall–Kier alpha value is -2.83. The van der Waals surface area contributed by atoms with E-state index in [9.17, 15) is 14.7 Å². The molecule has 0 fully saturated rings. The average molecular weight is 414 g/mol. The van der Waals surface area contributed by atoms with Gasteiger partial charge in [0.15, 0.2) is 5.43 Å². The van der Waals surface area contributed by atoms with E-state index in [1.165, 1.54) is 0 Å². The topological polar surface area (TPSA) is 80.0 Å². The fourth-order valence-electron chi connectivity index (χ4n) is 3.79. The van der Waals surface area contributed by atoms with Crippen LogP contribution in [0, 0.1) is 6.92 Å². The molecular formula is C22H20ClNO5. The lowest BCUT2D eigenvalue weighted by Crippen LogP contribution is -2.31. The number of fused-ring (bicyclic) bond motifs is 2. The van der Waals surface area contributed by atoms with Crippen molar-refractivity contribution < 1.29 is 19.1 Å². The Morgan fingerprint density at radius 1 is 1.24 bits per heavy atom. The lowest BCUT2D eigenvalue weighted by Gasteiger charge is -2.25. The van der Waals surface area contributed by atoms with E-state index in [1.807, 2.05) is 6.92 Å². The quantitative estimate of drug-likeness (QED) is 0.638. The first-order valence-electron chi connectivity index (χ1n) is 9.28. The summed E-state index contributed by atoms with van der Waals surface area (Å²) in [6.07, 6.45) is 0.601. The molecule has 0 spiro atoms. The Kier molecular flexibility index (Phi) is 5.06. The Morgan fingerprint density at radius 2 is 2.03 bits per heavy atom. The summed E-state index contributed by atoms with van der Waals surface area (Å²) in [5.41, 5.74) is 1.70. The second-order valence-electron chi connectivity index (χ2n) is 7.11. The summed E-state index contributed by atoms with van der Waals surface area (Å²) in [6.45, 7) is 2.67. The van der Waals surface area contributed by atoms with Crippen LogP contribution in [0.15, 0.2) is 45.6 Å². The van der Waals surface area contributed by atoms with Crippen LogP contribution in [0.25, 0.3) is 11.0 Å². The van der Waals surface area contributed by atoms with Crippen molar-refractivity contribution in [3.05, 3.63) is 74.1 Å². The largest absolute Gasteiger partial charge is 0.508 e. The third-order valence-corrected chi connectivity index (χ3v) is 5.59. The van der Waals surface area contributed by atoms with Gasteiger partial charge in [-0.15, -0.1) is 0 Å². The molecular weight excluding hydrogens is 394 g/mol. The highest BCUT2D eigenvalue weighted by molar-refractivity contribution is 6.32. The van der Waals surface area contributed by atoms with E-state index in [-0.39, 0.29) is 28.4 Å². The minimum absolute atomic E-state index is 0.0370. The van der Waals surface area contributed by atoms with Crippen LogP contribution in [-0.2, 0) is 4.74 Å². The zero-order valence-corrected chi connectivity index (χ0v) is 16.8. The van der Waals surface area contributed by atoms with Crippen molar-refractivity contribution in [2.45, 2.75) is 19.4 Å². The summed E-state index contributed by atoms with van der Waals surface area (Å²) < 4.78 is 11.0. The van der Waals surface area contributed by atoms with Crippen molar-refractivity contribution in [3.63, 3.8) is 0 Å². The lowest BCUT2D eigenvalue weighted by atomic mass is 9.98. The van der Waals surface area contributed by atoms with E-state index in [0.29, 0.717) is 41.1 Å². The summed E-state index contributed by atoms with van der Waals surface area (Å²) in [5, 5.41) is 10.7. The number of rotatable bonds is 5. The third-order valence-electron chi connectivity index (χ3n) is 5.18. The molecule has 1 atom stereocenters. The van der Waals surface area contributed by atoms with E-state index >= 15 is 0 Å². The first-order valence-corrected chi connectivity index (χ1v) is 9.66. The van der Waals surface area contributed by atoms with Gasteiger partial charge in [0, 0.05) is 25.3 Å². The van der Waals surface area contributed by atoms with Gasteiger partial charge in [-0.05, 0) is 48.7 Å². The number of amides is 1. The van der Waals surface area contributed by atoms with Crippen LogP contribution in [0.2, 0.25) is 5.02 Å². The van der Waals surface area contributed by atoms with Crippen molar-refractivity contribution >= 4 is 28.5 Å². The van der Waals surface area contributed by atoms with E-state index in [4.69, 9.17) is 20.8 Å². The molecule has 1 aliphatic heterocycles. The molecule has 1 unspecified atom stereocenters. The smallest absolute Gasteiger partial charge is 0.290 e. The van der Waals surface area contributed by atoms with Crippen LogP contribution in [-0.4, -0.2) is 36.2 Å². The van der Waals surface area contributed by atoms with E-state index in [1.54, 1.807) is 48.4 Å². The molecule has 150 valence electrons. The molecule has 1 aromatic heterocycles. The Morgan fingerprint density at radius 3 is 2.76 bits per heavy atom. The van der Waals surface area contributed by atoms with Crippen LogP contribution >= 0.6 is 11.6 Å². The lowest BCUT2D eigenvalue weighted by molar-refractivity contribution is 0.0707. The van der Waals surface area contributed by atoms with Gasteiger partial charge < -0.3 is 19.2 Å². The summed E-state index contributed by atoms with van der Waals surface area (Å²) in [4.78, 5) is 28.2. The maximum atomic E-state index is 13.4. The molecule has 29 heavy (non-hydrogen) atoms. The van der Waals surface area contributed by atoms with Crippen LogP contribution in [0.4, 0.5) is 0 Å². The maximum Gasteiger partial charge on any atom is 0.290 e. The van der Waals surface area contributed by atoms with Gasteiger partial charge in [0.1, 0.15) is 11.3 Å². The molecule has 1 amide bonds. The summed E-state index contributed by atoms with van der Waals surface area (Å²) >= 11 is 6.22. The number of carbonyl (C=O) groups excluding carboxylic acids is 1. The van der Waals surface area contributed by atoms with Gasteiger partial charge in [-0.2, -0.15) is 0 Å². The van der Waals surface area contributed by atoms with Crippen LogP contribution in [0.5, 0.6) is 5.75 Å².